The summed E-state index contributed by atoms with van der Waals surface area (Å²) < 4.78 is 24.6. The normalized spacial score (nSPS) is 19.2. The zero-order valence-electron chi connectivity index (χ0n) is 16.1. The molecule has 0 aliphatic carbocycles. The van der Waals surface area contributed by atoms with Gasteiger partial charge in [-0.25, -0.2) is 14.0 Å². The molecule has 2 aliphatic heterocycles. The van der Waals surface area contributed by atoms with Gasteiger partial charge in [0, 0.05) is 39.8 Å². The summed E-state index contributed by atoms with van der Waals surface area (Å²) >= 11 is 0. The molecule has 2 heterocycles. The van der Waals surface area contributed by atoms with Gasteiger partial charge in [0.25, 0.3) is 5.91 Å². The molecule has 2 fully saturated rings. The van der Waals surface area contributed by atoms with Crippen LogP contribution in [0.4, 0.5) is 25.4 Å². The van der Waals surface area contributed by atoms with Gasteiger partial charge in [-0.2, -0.15) is 0 Å². The lowest BCUT2D eigenvalue weighted by Gasteiger charge is -2.36. The van der Waals surface area contributed by atoms with Crippen molar-refractivity contribution >= 4 is 29.5 Å². The van der Waals surface area contributed by atoms with Crippen LogP contribution in [-0.2, 0) is 14.3 Å². The second-order valence-corrected chi connectivity index (χ2v) is 6.68. The third-order valence-electron chi connectivity index (χ3n) is 4.88. The van der Waals surface area contributed by atoms with E-state index in [-0.39, 0.29) is 25.6 Å². The highest BCUT2D eigenvalue weighted by molar-refractivity contribution is 5.90. The number of halogens is 1. The Morgan fingerprint density at radius 1 is 1.31 bits per heavy atom. The number of anilines is 2. The second kappa shape index (κ2) is 8.95. The molecule has 1 aromatic carbocycles. The number of nitrogens with two attached hydrogens (primary N) is 1. The van der Waals surface area contributed by atoms with Crippen molar-refractivity contribution in [3.63, 3.8) is 0 Å². The first-order chi connectivity index (χ1) is 13.9. The molecule has 0 spiro atoms. The molecule has 0 aromatic heterocycles. The number of nitrogens with zero attached hydrogens (tertiary/aromatic N) is 3. The van der Waals surface area contributed by atoms with Gasteiger partial charge in [-0.1, -0.05) is 0 Å². The summed E-state index contributed by atoms with van der Waals surface area (Å²) in [6.45, 7) is 1.79. The van der Waals surface area contributed by atoms with E-state index in [0.717, 1.165) is 0 Å². The molecule has 11 heteroatoms. The van der Waals surface area contributed by atoms with Gasteiger partial charge in [-0.15, -0.1) is 0 Å². The van der Waals surface area contributed by atoms with E-state index in [0.29, 0.717) is 37.6 Å². The number of ether oxygens (including phenoxy) is 2. The molecule has 2 saturated heterocycles. The molecule has 3 N–H and O–H groups in total. The fourth-order valence-electron chi connectivity index (χ4n) is 3.26. The standard InChI is InChI=1S/C18H24FN5O5/c1-21-17(26)28-11-16(25)23-6-4-22(5-7-23)15-3-2-12(8-14(15)19)24-10-13(9-20)29-18(24)27/h2-3,8,13H,4-7,9-11,20H2,1H3,(H,21,26). The number of cyclic esters (lactones) is 1. The molecule has 1 unspecified atom stereocenters. The summed E-state index contributed by atoms with van der Waals surface area (Å²) in [7, 11) is 1.41. The van der Waals surface area contributed by atoms with Gasteiger partial charge >= 0.3 is 12.2 Å². The molecular formula is C18H24FN5O5. The molecule has 29 heavy (non-hydrogen) atoms. The molecule has 2 aliphatic rings. The van der Waals surface area contributed by atoms with Crippen LogP contribution in [0.15, 0.2) is 18.2 Å². The second-order valence-electron chi connectivity index (χ2n) is 6.68. The van der Waals surface area contributed by atoms with Crippen molar-refractivity contribution in [2.24, 2.45) is 5.73 Å². The Balaban J connectivity index is 1.58. The molecule has 10 nitrogen and oxygen atoms in total. The lowest BCUT2D eigenvalue weighted by Crippen LogP contribution is -2.50. The van der Waals surface area contributed by atoms with Crippen LogP contribution in [0.1, 0.15) is 0 Å². The van der Waals surface area contributed by atoms with Crippen LogP contribution >= 0.6 is 0 Å². The smallest absolute Gasteiger partial charge is 0.414 e. The van der Waals surface area contributed by atoms with Gasteiger partial charge in [-0.05, 0) is 18.2 Å². The summed E-state index contributed by atoms with van der Waals surface area (Å²) in [5, 5.41) is 2.27. The molecule has 3 rings (SSSR count). The van der Waals surface area contributed by atoms with Crippen molar-refractivity contribution in [3.05, 3.63) is 24.0 Å². The molecule has 158 valence electrons. The number of carbonyl (C=O) groups excluding carboxylic acids is 3. The molecule has 1 aromatic rings. The van der Waals surface area contributed by atoms with Crippen LogP contribution in [0.25, 0.3) is 0 Å². The van der Waals surface area contributed by atoms with Crippen molar-refractivity contribution < 1.29 is 28.2 Å². The Morgan fingerprint density at radius 2 is 2.03 bits per heavy atom. The lowest BCUT2D eigenvalue weighted by molar-refractivity contribution is -0.134. The SMILES string of the molecule is CNC(=O)OCC(=O)N1CCN(c2ccc(N3CC(CN)OC3=O)cc2F)CC1. The first-order valence-corrected chi connectivity index (χ1v) is 9.28. The first kappa shape index (κ1) is 20.6. The van der Waals surface area contributed by atoms with Gasteiger partial charge < -0.3 is 30.3 Å². The van der Waals surface area contributed by atoms with E-state index in [1.165, 1.54) is 18.0 Å². The number of nitrogens with one attached hydrogen (secondary N) is 1. The number of alkyl carbamates (subject to hydrolysis) is 1. The van der Waals surface area contributed by atoms with E-state index in [1.807, 2.05) is 4.90 Å². The van der Waals surface area contributed by atoms with E-state index in [9.17, 15) is 18.8 Å². The molecule has 0 saturated carbocycles. The van der Waals surface area contributed by atoms with Gasteiger partial charge in [-0.3, -0.25) is 9.69 Å². The van der Waals surface area contributed by atoms with Crippen molar-refractivity contribution in [2.75, 3.05) is 62.7 Å². The number of rotatable bonds is 5. The summed E-state index contributed by atoms with van der Waals surface area (Å²) in [5.41, 5.74) is 6.32. The van der Waals surface area contributed by atoms with Crippen LogP contribution < -0.4 is 20.9 Å². The molecule has 0 radical (unpaired) electrons. The minimum atomic E-state index is -0.668. The van der Waals surface area contributed by atoms with Crippen molar-refractivity contribution in [1.82, 2.24) is 10.2 Å². The van der Waals surface area contributed by atoms with Crippen LogP contribution in [0.5, 0.6) is 0 Å². The summed E-state index contributed by atoms with van der Waals surface area (Å²) in [6, 6.07) is 4.57. The maximum Gasteiger partial charge on any atom is 0.414 e. The highest BCUT2D eigenvalue weighted by atomic mass is 19.1. The fourth-order valence-corrected chi connectivity index (χ4v) is 3.26. The van der Waals surface area contributed by atoms with Crippen molar-refractivity contribution in [1.29, 1.82) is 0 Å². The van der Waals surface area contributed by atoms with Crippen molar-refractivity contribution in [3.8, 4) is 0 Å². The highest BCUT2D eigenvalue weighted by Gasteiger charge is 2.32. The Bertz CT molecular complexity index is 784. The highest BCUT2D eigenvalue weighted by Crippen LogP contribution is 2.28. The fraction of sp³-hybridized carbons (Fsp3) is 0.500. The van der Waals surface area contributed by atoms with Crippen LogP contribution in [0.2, 0.25) is 0 Å². The average Bonchev–Trinajstić information content (AvgIpc) is 3.12. The minimum absolute atomic E-state index is 0.208. The minimum Gasteiger partial charge on any atom is -0.443 e. The zero-order chi connectivity index (χ0) is 21.0. The number of amides is 3. The third kappa shape index (κ3) is 4.67. The number of carbonyl (C=O) groups is 3. The summed E-state index contributed by atoms with van der Waals surface area (Å²) in [6.07, 6.45) is -1.61. The Kier molecular flexibility index (Phi) is 6.37. The number of piperazine rings is 1. The molecule has 0 bridgehead atoms. The van der Waals surface area contributed by atoms with Crippen LogP contribution in [0.3, 0.4) is 0 Å². The monoisotopic (exact) mass is 409 g/mol. The maximum atomic E-state index is 14.7. The lowest BCUT2D eigenvalue weighted by atomic mass is 10.2. The summed E-state index contributed by atoms with van der Waals surface area (Å²) in [5.74, 6) is -0.764. The van der Waals surface area contributed by atoms with Gasteiger partial charge in [0.2, 0.25) is 0 Å². The number of hydrogen-bond donors (Lipinski definition) is 2. The van der Waals surface area contributed by atoms with Crippen LogP contribution in [-0.4, -0.2) is 82.0 Å². The van der Waals surface area contributed by atoms with E-state index in [2.05, 4.69) is 5.32 Å². The van der Waals surface area contributed by atoms with Crippen LogP contribution in [0, 0.1) is 5.82 Å². The van der Waals surface area contributed by atoms with Gasteiger partial charge in [0.05, 0.1) is 17.9 Å². The Hall–Kier alpha value is -3.08. The number of hydrogen-bond acceptors (Lipinski definition) is 7. The summed E-state index contributed by atoms with van der Waals surface area (Å²) in [4.78, 5) is 39.8. The quantitative estimate of drug-likeness (QED) is 0.709. The van der Waals surface area contributed by atoms with Gasteiger partial charge in [0.15, 0.2) is 6.61 Å². The van der Waals surface area contributed by atoms with E-state index < -0.39 is 24.1 Å². The average molecular weight is 409 g/mol. The largest absolute Gasteiger partial charge is 0.443 e. The van der Waals surface area contributed by atoms with E-state index in [4.69, 9.17) is 15.2 Å². The van der Waals surface area contributed by atoms with Gasteiger partial charge in [0.1, 0.15) is 11.9 Å². The van der Waals surface area contributed by atoms with Crippen molar-refractivity contribution in [2.45, 2.75) is 6.10 Å². The molecular weight excluding hydrogens is 385 g/mol. The molecule has 1 atom stereocenters. The Labute approximate surface area is 167 Å². The third-order valence-corrected chi connectivity index (χ3v) is 4.88. The maximum absolute atomic E-state index is 14.7. The topological polar surface area (TPSA) is 117 Å². The number of benzene rings is 1. The predicted molar refractivity (Wildman–Crippen MR) is 102 cm³/mol. The molecule has 3 amide bonds. The Morgan fingerprint density at radius 3 is 2.62 bits per heavy atom. The van der Waals surface area contributed by atoms with E-state index >= 15 is 0 Å². The first-order valence-electron chi connectivity index (χ1n) is 9.28. The predicted octanol–water partition coefficient (Wildman–Crippen LogP) is 0.114. The van der Waals surface area contributed by atoms with E-state index in [1.54, 1.807) is 17.0 Å². The zero-order valence-corrected chi connectivity index (χ0v) is 16.1.